The Labute approximate surface area is 152 Å². The number of piperidine rings is 1. The van der Waals surface area contributed by atoms with Crippen LogP contribution in [0.1, 0.15) is 45.9 Å². The molecule has 0 spiro atoms. The minimum atomic E-state index is -0.127. The molecule has 2 atom stereocenters. The molecular formula is C19H24N4O3. The zero-order chi connectivity index (χ0) is 18.4. The topological polar surface area (TPSA) is 82.4 Å². The van der Waals surface area contributed by atoms with Crippen LogP contribution in [-0.4, -0.2) is 50.9 Å². The number of amides is 2. The maximum atomic E-state index is 13.0. The summed E-state index contributed by atoms with van der Waals surface area (Å²) in [7, 11) is 0. The molecule has 26 heavy (non-hydrogen) atoms. The summed E-state index contributed by atoms with van der Waals surface area (Å²) < 4.78 is 5.25. The maximum absolute atomic E-state index is 13.0. The van der Waals surface area contributed by atoms with Gasteiger partial charge in [-0.25, -0.2) is 0 Å². The molecule has 2 amide bonds. The molecule has 0 unspecified atom stereocenters. The van der Waals surface area contributed by atoms with Crippen LogP contribution in [0.15, 0.2) is 16.8 Å². The summed E-state index contributed by atoms with van der Waals surface area (Å²) in [4.78, 5) is 32.8. The quantitative estimate of drug-likeness (QED) is 0.914. The van der Waals surface area contributed by atoms with E-state index in [2.05, 4.69) is 10.1 Å². The number of carbonyl (C=O) groups excluding carboxylic acids is 2. The molecule has 2 bridgehead atoms. The van der Waals surface area contributed by atoms with Gasteiger partial charge < -0.3 is 19.3 Å². The molecule has 2 aromatic rings. The molecule has 0 radical (unpaired) electrons. The van der Waals surface area contributed by atoms with E-state index in [1.807, 2.05) is 36.6 Å². The van der Waals surface area contributed by atoms with E-state index in [0.29, 0.717) is 25.2 Å². The second kappa shape index (κ2) is 6.30. The predicted octanol–water partition coefficient (Wildman–Crippen LogP) is 2.19. The van der Waals surface area contributed by atoms with E-state index in [1.54, 1.807) is 6.20 Å². The van der Waals surface area contributed by atoms with Gasteiger partial charge in [0.1, 0.15) is 5.76 Å². The highest BCUT2D eigenvalue weighted by molar-refractivity contribution is 5.96. The first-order chi connectivity index (χ1) is 12.5. The molecule has 3 aliphatic heterocycles. The van der Waals surface area contributed by atoms with Crippen molar-refractivity contribution in [3.05, 3.63) is 40.5 Å². The van der Waals surface area contributed by atoms with Crippen molar-refractivity contribution in [3.8, 4) is 0 Å². The van der Waals surface area contributed by atoms with Gasteiger partial charge in [0.05, 0.1) is 23.7 Å². The van der Waals surface area contributed by atoms with Gasteiger partial charge in [-0.05, 0) is 39.7 Å². The number of aromatic nitrogens is 2. The van der Waals surface area contributed by atoms with E-state index in [9.17, 15) is 9.59 Å². The molecule has 1 N–H and O–H groups in total. The van der Waals surface area contributed by atoms with E-state index < -0.39 is 0 Å². The zero-order valence-electron chi connectivity index (χ0n) is 15.4. The van der Waals surface area contributed by atoms with E-state index >= 15 is 0 Å². The Morgan fingerprint density at radius 3 is 2.77 bits per heavy atom. The van der Waals surface area contributed by atoms with Gasteiger partial charge in [0.2, 0.25) is 5.91 Å². The van der Waals surface area contributed by atoms with Crippen LogP contribution in [0.2, 0.25) is 0 Å². The summed E-state index contributed by atoms with van der Waals surface area (Å²) >= 11 is 0. The third-order valence-corrected chi connectivity index (χ3v) is 5.77. The molecule has 3 aliphatic rings. The summed E-state index contributed by atoms with van der Waals surface area (Å²) in [6.45, 7) is 7.25. The number of nitrogens with one attached hydrogen (secondary N) is 1. The van der Waals surface area contributed by atoms with Crippen molar-refractivity contribution in [1.82, 2.24) is 19.9 Å². The summed E-state index contributed by atoms with van der Waals surface area (Å²) in [5, 5.41) is 4.00. The van der Waals surface area contributed by atoms with E-state index in [4.69, 9.17) is 4.52 Å². The van der Waals surface area contributed by atoms with Crippen LogP contribution in [0.5, 0.6) is 0 Å². The second-order valence-corrected chi connectivity index (χ2v) is 7.42. The van der Waals surface area contributed by atoms with Gasteiger partial charge >= 0.3 is 0 Å². The van der Waals surface area contributed by atoms with Gasteiger partial charge in [-0.15, -0.1) is 0 Å². The predicted molar refractivity (Wildman–Crippen MR) is 94.5 cm³/mol. The van der Waals surface area contributed by atoms with Gasteiger partial charge in [-0.2, -0.15) is 0 Å². The molecule has 0 saturated carbocycles. The number of fused-ring (bicyclic) bond motifs is 4. The smallest absolute Gasteiger partial charge is 0.255 e. The lowest BCUT2D eigenvalue weighted by Gasteiger charge is -2.35. The summed E-state index contributed by atoms with van der Waals surface area (Å²) in [5.74, 6) is 0.777. The fourth-order valence-corrected chi connectivity index (χ4v) is 4.17. The first-order valence-corrected chi connectivity index (χ1v) is 9.11. The van der Waals surface area contributed by atoms with Crippen molar-refractivity contribution >= 4 is 11.8 Å². The third-order valence-electron chi connectivity index (χ3n) is 5.77. The van der Waals surface area contributed by atoms with Gasteiger partial charge in [-0.3, -0.25) is 9.59 Å². The van der Waals surface area contributed by atoms with E-state index in [1.165, 1.54) is 0 Å². The number of H-pyrrole nitrogens is 1. The SMILES string of the molecule is Cc1noc(C)c1CN1C(=O)[C@H]2CC[C@@H]1CN(C(=O)c1cc[nH]c1C)C2. The largest absolute Gasteiger partial charge is 0.365 e. The molecule has 138 valence electrons. The van der Waals surface area contributed by atoms with Crippen molar-refractivity contribution in [2.75, 3.05) is 13.1 Å². The molecular weight excluding hydrogens is 332 g/mol. The Balaban J connectivity index is 1.58. The summed E-state index contributed by atoms with van der Waals surface area (Å²) in [5.41, 5.74) is 3.36. The van der Waals surface area contributed by atoms with E-state index in [-0.39, 0.29) is 23.8 Å². The molecule has 5 rings (SSSR count). The van der Waals surface area contributed by atoms with Gasteiger partial charge in [0, 0.05) is 36.6 Å². The maximum Gasteiger partial charge on any atom is 0.255 e. The monoisotopic (exact) mass is 356 g/mol. The van der Waals surface area contributed by atoms with Crippen molar-refractivity contribution in [1.29, 1.82) is 0 Å². The highest BCUT2D eigenvalue weighted by Gasteiger charge is 2.42. The van der Waals surface area contributed by atoms with Crippen LogP contribution in [-0.2, 0) is 11.3 Å². The number of nitrogens with zero attached hydrogens (tertiary/aromatic N) is 3. The average Bonchev–Trinajstić information content (AvgIpc) is 3.05. The molecule has 3 fully saturated rings. The molecule has 7 nitrogen and oxygen atoms in total. The number of aromatic amines is 1. The average molecular weight is 356 g/mol. The highest BCUT2D eigenvalue weighted by atomic mass is 16.5. The van der Waals surface area contributed by atoms with Crippen molar-refractivity contribution < 1.29 is 14.1 Å². The minimum absolute atomic E-state index is 0.00707. The standard InChI is InChI=1S/C19H24N4O3/c1-11-16(6-7-20-11)19(25)22-8-14-4-5-15(9-22)23(18(14)24)10-17-12(2)21-26-13(17)3/h6-7,14-15,20H,4-5,8-10H2,1-3H3/t14-,15+/m0/s1. The van der Waals surface area contributed by atoms with Crippen molar-refractivity contribution in [2.45, 2.75) is 46.2 Å². The van der Waals surface area contributed by atoms with Crippen molar-refractivity contribution in [3.63, 3.8) is 0 Å². The third kappa shape index (κ3) is 2.71. The number of hydrogen-bond acceptors (Lipinski definition) is 4. The van der Waals surface area contributed by atoms with Crippen LogP contribution in [0.3, 0.4) is 0 Å². The van der Waals surface area contributed by atoms with Gasteiger partial charge in [0.25, 0.3) is 5.91 Å². The number of aryl methyl sites for hydroxylation is 3. The fourth-order valence-electron chi connectivity index (χ4n) is 4.17. The molecule has 7 heteroatoms. The lowest BCUT2D eigenvalue weighted by Crippen LogP contribution is -2.47. The van der Waals surface area contributed by atoms with Gasteiger partial charge in [0.15, 0.2) is 0 Å². The fraction of sp³-hybridized carbons (Fsp3) is 0.526. The first kappa shape index (κ1) is 16.9. The van der Waals surface area contributed by atoms with Crippen LogP contribution in [0.4, 0.5) is 0 Å². The Morgan fingerprint density at radius 1 is 1.31 bits per heavy atom. The Bertz CT molecular complexity index is 833. The van der Waals surface area contributed by atoms with Crippen LogP contribution in [0, 0.1) is 26.7 Å². The molecule has 5 heterocycles. The van der Waals surface area contributed by atoms with Crippen molar-refractivity contribution in [2.24, 2.45) is 5.92 Å². The molecule has 0 aromatic carbocycles. The molecule has 3 saturated heterocycles. The normalized spacial score (nSPS) is 22.8. The Hall–Kier alpha value is -2.57. The highest BCUT2D eigenvalue weighted by Crippen LogP contribution is 2.32. The number of hydrogen-bond donors (Lipinski definition) is 1. The van der Waals surface area contributed by atoms with E-state index in [0.717, 1.165) is 35.6 Å². The first-order valence-electron chi connectivity index (χ1n) is 9.11. The molecule has 0 aliphatic carbocycles. The van der Waals surface area contributed by atoms with Crippen LogP contribution >= 0.6 is 0 Å². The van der Waals surface area contributed by atoms with Gasteiger partial charge in [-0.1, -0.05) is 5.16 Å². The number of carbonyl (C=O) groups is 2. The Kier molecular flexibility index (Phi) is 4.09. The Morgan fingerprint density at radius 2 is 2.12 bits per heavy atom. The molecule has 2 aromatic heterocycles. The van der Waals surface area contributed by atoms with Crippen LogP contribution in [0.25, 0.3) is 0 Å². The number of rotatable bonds is 3. The minimum Gasteiger partial charge on any atom is -0.365 e. The second-order valence-electron chi connectivity index (χ2n) is 7.42. The zero-order valence-corrected chi connectivity index (χ0v) is 15.4. The lowest BCUT2D eigenvalue weighted by molar-refractivity contribution is -0.140. The lowest BCUT2D eigenvalue weighted by atomic mass is 9.93. The summed E-state index contributed by atoms with van der Waals surface area (Å²) in [6.07, 6.45) is 3.55. The van der Waals surface area contributed by atoms with Crippen LogP contribution < -0.4 is 0 Å². The summed E-state index contributed by atoms with van der Waals surface area (Å²) in [6, 6.07) is 1.85.